The summed E-state index contributed by atoms with van der Waals surface area (Å²) in [5.74, 6) is -0.262. The Morgan fingerprint density at radius 3 is 2.60 bits per heavy atom. The van der Waals surface area contributed by atoms with Gasteiger partial charge in [0.25, 0.3) is 0 Å². The first-order valence-electron chi connectivity index (χ1n) is 7.92. The van der Waals surface area contributed by atoms with Crippen molar-refractivity contribution in [2.75, 3.05) is 39.8 Å². The Morgan fingerprint density at radius 1 is 1.45 bits per heavy atom. The number of likely N-dealkylation sites (N-methyl/N-ethyl adjacent to an activating group) is 2. The maximum atomic E-state index is 11.4. The minimum Gasteiger partial charge on any atom is -0.368 e. The van der Waals surface area contributed by atoms with Crippen molar-refractivity contribution in [2.45, 2.75) is 51.6 Å². The molecule has 0 spiro atoms. The van der Waals surface area contributed by atoms with Crippen molar-refractivity contribution in [1.29, 1.82) is 0 Å². The smallest absolute Gasteiger partial charge is 0.237 e. The molecule has 5 nitrogen and oxygen atoms in total. The Bertz CT molecular complexity index is 306. The van der Waals surface area contributed by atoms with Gasteiger partial charge in [-0.05, 0) is 59.4 Å². The SMILES string of the molecule is CCN(CC)C1CCN(CCCC(C)(NC)C(N)=O)C1. The van der Waals surface area contributed by atoms with Crippen LogP contribution in [0, 0.1) is 0 Å². The summed E-state index contributed by atoms with van der Waals surface area (Å²) in [5.41, 5.74) is 4.88. The van der Waals surface area contributed by atoms with E-state index in [4.69, 9.17) is 5.73 Å². The standard InChI is InChI=1S/C15H32N4O/c1-5-19(6-2)13-8-11-18(12-13)10-7-9-15(3,17-4)14(16)20/h13,17H,5-12H2,1-4H3,(H2,16,20). The average molecular weight is 284 g/mol. The minimum atomic E-state index is -0.571. The number of nitrogens with zero attached hydrogens (tertiary/aromatic N) is 2. The zero-order valence-corrected chi connectivity index (χ0v) is 13.6. The van der Waals surface area contributed by atoms with E-state index in [1.165, 1.54) is 13.0 Å². The van der Waals surface area contributed by atoms with Gasteiger partial charge in [-0.25, -0.2) is 0 Å². The third-order valence-electron chi connectivity index (χ3n) is 4.82. The van der Waals surface area contributed by atoms with Gasteiger partial charge in [0.05, 0.1) is 5.54 Å². The molecule has 0 aromatic carbocycles. The van der Waals surface area contributed by atoms with Crippen LogP contribution in [0.4, 0.5) is 0 Å². The minimum absolute atomic E-state index is 0.262. The fourth-order valence-corrected chi connectivity index (χ4v) is 3.08. The summed E-state index contributed by atoms with van der Waals surface area (Å²) in [4.78, 5) is 16.5. The van der Waals surface area contributed by atoms with Crippen LogP contribution in [-0.4, -0.2) is 67.1 Å². The van der Waals surface area contributed by atoms with Crippen LogP contribution in [0.2, 0.25) is 0 Å². The van der Waals surface area contributed by atoms with Gasteiger partial charge in [0.2, 0.25) is 5.91 Å². The number of nitrogens with two attached hydrogens (primary N) is 1. The van der Waals surface area contributed by atoms with Gasteiger partial charge in [-0.15, -0.1) is 0 Å². The van der Waals surface area contributed by atoms with Gasteiger partial charge in [-0.2, -0.15) is 0 Å². The van der Waals surface area contributed by atoms with Crippen molar-refractivity contribution in [3.05, 3.63) is 0 Å². The number of primary amides is 1. The average Bonchev–Trinajstić information content (AvgIpc) is 2.88. The second kappa shape index (κ2) is 7.96. The fourth-order valence-electron chi connectivity index (χ4n) is 3.08. The first kappa shape index (κ1) is 17.4. The number of hydrogen-bond acceptors (Lipinski definition) is 4. The summed E-state index contributed by atoms with van der Waals surface area (Å²) in [6.07, 6.45) is 3.07. The van der Waals surface area contributed by atoms with Crippen LogP contribution in [-0.2, 0) is 4.79 Å². The third kappa shape index (κ3) is 4.43. The first-order chi connectivity index (χ1) is 9.46. The molecule has 5 heteroatoms. The molecular formula is C15H32N4O. The molecule has 0 radical (unpaired) electrons. The second-order valence-corrected chi connectivity index (χ2v) is 6.01. The van der Waals surface area contributed by atoms with E-state index in [1.54, 1.807) is 7.05 Å². The lowest BCUT2D eigenvalue weighted by atomic mass is 9.95. The molecule has 1 aliphatic heterocycles. The number of carbonyl (C=O) groups is 1. The van der Waals surface area contributed by atoms with E-state index in [0.29, 0.717) is 6.04 Å². The van der Waals surface area contributed by atoms with Gasteiger partial charge < -0.3 is 16.0 Å². The second-order valence-electron chi connectivity index (χ2n) is 6.01. The molecule has 0 aliphatic carbocycles. The predicted molar refractivity (Wildman–Crippen MR) is 83.7 cm³/mol. The highest BCUT2D eigenvalue weighted by atomic mass is 16.1. The zero-order valence-electron chi connectivity index (χ0n) is 13.6. The summed E-state index contributed by atoms with van der Waals surface area (Å²) in [5, 5.41) is 3.05. The summed E-state index contributed by atoms with van der Waals surface area (Å²) < 4.78 is 0. The van der Waals surface area contributed by atoms with Crippen molar-refractivity contribution in [1.82, 2.24) is 15.1 Å². The molecule has 1 heterocycles. The van der Waals surface area contributed by atoms with E-state index in [9.17, 15) is 4.79 Å². The summed E-state index contributed by atoms with van der Waals surface area (Å²) in [7, 11) is 1.80. The number of hydrogen-bond donors (Lipinski definition) is 2. The largest absolute Gasteiger partial charge is 0.368 e. The predicted octanol–water partition coefficient (Wildman–Crippen LogP) is 0.646. The normalized spacial score (nSPS) is 23.1. The summed E-state index contributed by atoms with van der Waals surface area (Å²) in [6, 6.07) is 0.705. The quantitative estimate of drug-likeness (QED) is 0.652. The van der Waals surface area contributed by atoms with Gasteiger partial charge in [0.1, 0.15) is 0 Å². The van der Waals surface area contributed by atoms with E-state index in [-0.39, 0.29) is 5.91 Å². The van der Waals surface area contributed by atoms with Gasteiger partial charge >= 0.3 is 0 Å². The van der Waals surface area contributed by atoms with Crippen LogP contribution >= 0.6 is 0 Å². The van der Waals surface area contributed by atoms with E-state index < -0.39 is 5.54 Å². The highest BCUT2D eigenvalue weighted by Gasteiger charge is 2.30. The van der Waals surface area contributed by atoms with E-state index in [0.717, 1.165) is 39.0 Å². The van der Waals surface area contributed by atoms with Crippen LogP contribution in [0.5, 0.6) is 0 Å². The Kier molecular flexibility index (Phi) is 6.92. The molecule has 2 unspecified atom stereocenters. The number of likely N-dealkylation sites (tertiary alicyclic amines) is 1. The molecule has 1 saturated heterocycles. The van der Waals surface area contributed by atoms with Crippen molar-refractivity contribution in [2.24, 2.45) is 5.73 Å². The van der Waals surface area contributed by atoms with Crippen LogP contribution in [0.15, 0.2) is 0 Å². The van der Waals surface area contributed by atoms with Gasteiger partial charge in [0.15, 0.2) is 0 Å². The molecule has 0 aromatic rings. The first-order valence-corrected chi connectivity index (χ1v) is 7.92. The van der Waals surface area contributed by atoms with Crippen LogP contribution in [0.3, 0.4) is 0 Å². The molecule has 1 aliphatic rings. The number of amides is 1. The van der Waals surface area contributed by atoms with Crippen LogP contribution in [0.25, 0.3) is 0 Å². The van der Waals surface area contributed by atoms with Crippen molar-refractivity contribution in [3.8, 4) is 0 Å². The maximum Gasteiger partial charge on any atom is 0.237 e. The van der Waals surface area contributed by atoms with Crippen molar-refractivity contribution in [3.63, 3.8) is 0 Å². The number of nitrogens with one attached hydrogen (secondary N) is 1. The lowest BCUT2D eigenvalue weighted by Crippen LogP contribution is -2.51. The lowest BCUT2D eigenvalue weighted by molar-refractivity contribution is -0.123. The van der Waals surface area contributed by atoms with E-state index >= 15 is 0 Å². The Labute approximate surface area is 123 Å². The van der Waals surface area contributed by atoms with Crippen molar-refractivity contribution >= 4 is 5.91 Å². The Morgan fingerprint density at radius 2 is 2.10 bits per heavy atom. The van der Waals surface area contributed by atoms with Crippen LogP contribution in [0.1, 0.15) is 40.0 Å². The monoisotopic (exact) mass is 284 g/mol. The molecule has 0 saturated carbocycles. The molecule has 3 N–H and O–H groups in total. The lowest BCUT2D eigenvalue weighted by Gasteiger charge is -2.28. The molecule has 1 fully saturated rings. The van der Waals surface area contributed by atoms with Crippen LogP contribution < -0.4 is 11.1 Å². The highest BCUT2D eigenvalue weighted by Crippen LogP contribution is 2.17. The number of rotatable bonds is 9. The van der Waals surface area contributed by atoms with Crippen molar-refractivity contribution < 1.29 is 4.79 Å². The summed E-state index contributed by atoms with van der Waals surface area (Å²) in [6.45, 7) is 12.0. The molecule has 20 heavy (non-hydrogen) atoms. The van der Waals surface area contributed by atoms with E-state index in [2.05, 4.69) is 29.0 Å². The Balaban J connectivity index is 2.32. The third-order valence-corrected chi connectivity index (χ3v) is 4.82. The molecule has 1 rings (SSSR count). The molecule has 2 atom stereocenters. The van der Waals surface area contributed by atoms with E-state index in [1.807, 2.05) is 6.92 Å². The summed E-state index contributed by atoms with van der Waals surface area (Å²) >= 11 is 0. The fraction of sp³-hybridized carbons (Fsp3) is 0.933. The molecule has 118 valence electrons. The zero-order chi connectivity index (χ0) is 15.2. The molecule has 1 amide bonds. The van der Waals surface area contributed by atoms with Gasteiger partial charge in [0, 0.05) is 12.6 Å². The molecular weight excluding hydrogens is 252 g/mol. The van der Waals surface area contributed by atoms with Gasteiger partial charge in [-0.1, -0.05) is 13.8 Å². The topological polar surface area (TPSA) is 61.6 Å². The Hall–Kier alpha value is -0.650. The molecule has 0 aromatic heterocycles. The molecule has 0 bridgehead atoms. The van der Waals surface area contributed by atoms with Gasteiger partial charge in [-0.3, -0.25) is 9.69 Å². The number of carbonyl (C=O) groups excluding carboxylic acids is 1. The maximum absolute atomic E-state index is 11.4. The highest BCUT2D eigenvalue weighted by molar-refractivity contribution is 5.84.